The van der Waals surface area contributed by atoms with Crippen LogP contribution in [-0.2, 0) is 11.2 Å². The highest BCUT2D eigenvalue weighted by molar-refractivity contribution is 5.71. The third-order valence-corrected chi connectivity index (χ3v) is 4.10. The second-order valence-electron chi connectivity index (χ2n) is 5.35. The number of carboxylic acid groups (broad SMARTS) is 1. The number of nitrogens with two attached hydrogens (primary N) is 1. The van der Waals surface area contributed by atoms with Crippen LogP contribution in [0.3, 0.4) is 0 Å². The molecule has 3 N–H and O–H groups in total. The molecular formula is C16H23NO3. The van der Waals surface area contributed by atoms with E-state index in [1.807, 2.05) is 19.1 Å². The Morgan fingerprint density at radius 3 is 3.00 bits per heavy atom. The number of rotatable bonds is 7. The van der Waals surface area contributed by atoms with Gasteiger partial charge < -0.3 is 15.6 Å². The fourth-order valence-corrected chi connectivity index (χ4v) is 3.04. The third kappa shape index (κ3) is 3.12. The van der Waals surface area contributed by atoms with Crippen molar-refractivity contribution in [1.82, 2.24) is 0 Å². The Kier molecular flexibility index (Phi) is 5.01. The van der Waals surface area contributed by atoms with Crippen molar-refractivity contribution in [2.24, 2.45) is 11.7 Å². The van der Waals surface area contributed by atoms with E-state index in [4.69, 9.17) is 10.5 Å². The summed E-state index contributed by atoms with van der Waals surface area (Å²) in [7, 11) is 0. The van der Waals surface area contributed by atoms with Gasteiger partial charge in [0, 0.05) is 0 Å². The minimum atomic E-state index is -0.686. The van der Waals surface area contributed by atoms with Crippen LogP contribution in [0.2, 0.25) is 0 Å². The molecule has 0 saturated heterocycles. The predicted molar refractivity (Wildman–Crippen MR) is 78.1 cm³/mol. The zero-order valence-electron chi connectivity index (χ0n) is 12.0. The van der Waals surface area contributed by atoms with E-state index in [0.717, 1.165) is 25.0 Å². The molecular weight excluding hydrogens is 254 g/mol. The minimum absolute atomic E-state index is 0.144. The summed E-state index contributed by atoms with van der Waals surface area (Å²) in [5, 5.41) is 9.32. The Balaban J connectivity index is 2.11. The van der Waals surface area contributed by atoms with E-state index in [0.29, 0.717) is 19.6 Å². The molecule has 110 valence electrons. The molecule has 0 aromatic heterocycles. The molecule has 1 unspecified atom stereocenters. The van der Waals surface area contributed by atoms with Crippen LogP contribution < -0.4 is 10.5 Å². The maximum Gasteiger partial charge on any atom is 0.307 e. The standard InChI is InChI=1S/C16H23NO3/c1-2-13(16(18)19)15-6-4-11-10-12(5-7-14(11)15)20-9-3-8-17/h5,7,10,13,15H,2-4,6,8-9,17H2,1H3,(H,18,19)/t13?,15-/m0/s1. The Morgan fingerprint density at radius 1 is 1.55 bits per heavy atom. The molecule has 2 atom stereocenters. The normalized spacial score (nSPS) is 18.6. The number of aryl methyl sites for hydroxylation is 1. The number of hydrogen-bond donors (Lipinski definition) is 2. The van der Waals surface area contributed by atoms with E-state index >= 15 is 0 Å². The topological polar surface area (TPSA) is 72.5 Å². The smallest absolute Gasteiger partial charge is 0.307 e. The molecule has 4 nitrogen and oxygen atoms in total. The van der Waals surface area contributed by atoms with Gasteiger partial charge in [-0.15, -0.1) is 0 Å². The average Bonchev–Trinajstić information content (AvgIpc) is 2.83. The molecule has 4 heteroatoms. The third-order valence-electron chi connectivity index (χ3n) is 4.10. The zero-order valence-corrected chi connectivity index (χ0v) is 12.0. The Hall–Kier alpha value is -1.55. The molecule has 0 amide bonds. The number of fused-ring (bicyclic) bond motifs is 1. The van der Waals surface area contributed by atoms with Gasteiger partial charge >= 0.3 is 5.97 Å². The van der Waals surface area contributed by atoms with Crippen molar-refractivity contribution in [1.29, 1.82) is 0 Å². The molecule has 0 fully saturated rings. The van der Waals surface area contributed by atoms with Gasteiger partial charge in [0.25, 0.3) is 0 Å². The van der Waals surface area contributed by atoms with Crippen LogP contribution in [0.15, 0.2) is 18.2 Å². The van der Waals surface area contributed by atoms with Crippen molar-refractivity contribution < 1.29 is 14.6 Å². The van der Waals surface area contributed by atoms with E-state index in [1.54, 1.807) is 0 Å². The van der Waals surface area contributed by atoms with Crippen LogP contribution in [-0.4, -0.2) is 24.2 Å². The molecule has 0 saturated carbocycles. The number of benzene rings is 1. The molecule has 1 aromatic rings. The fraction of sp³-hybridized carbons (Fsp3) is 0.562. The summed E-state index contributed by atoms with van der Waals surface area (Å²) in [5.74, 6) is 0.0423. The molecule has 20 heavy (non-hydrogen) atoms. The summed E-state index contributed by atoms with van der Waals surface area (Å²) in [5.41, 5.74) is 7.86. The number of carbonyl (C=O) groups is 1. The number of ether oxygens (including phenoxy) is 1. The van der Waals surface area contributed by atoms with Gasteiger partial charge in [-0.05, 0) is 61.4 Å². The molecule has 0 spiro atoms. The molecule has 0 aliphatic heterocycles. The lowest BCUT2D eigenvalue weighted by Gasteiger charge is -2.19. The minimum Gasteiger partial charge on any atom is -0.494 e. The summed E-state index contributed by atoms with van der Waals surface area (Å²) in [6.45, 7) is 3.20. The van der Waals surface area contributed by atoms with E-state index in [-0.39, 0.29) is 11.8 Å². The quantitative estimate of drug-likeness (QED) is 0.751. The number of carboxylic acids is 1. The highest BCUT2D eigenvalue weighted by atomic mass is 16.5. The second-order valence-corrected chi connectivity index (χ2v) is 5.35. The SMILES string of the molecule is CCC(C(=O)O)[C@@H]1CCc2cc(OCCCN)ccc21. The van der Waals surface area contributed by atoms with Gasteiger partial charge in [-0.3, -0.25) is 4.79 Å². The number of aliphatic carboxylic acids is 1. The first-order valence-corrected chi connectivity index (χ1v) is 7.35. The van der Waals surface area contributed by atoms with Gasteiger partial charge in [0.15, 0.2) is 0 Å². The maximum atomic E-state index is 11.3. The highest BCUT2D eigenvalue weighted by Gasteiger charge is 2.33. The van der Waals surface area contributed by atoms with Gasteiger partial charge in [0.2, 0.25) is 0 Å². The van der Waals surface area contributed by atoms with Crippen LogP contribution in [0.25, 0.3) is 0 Å². The van der Waals surface area contributed by atoms with Crippen molar-refractivity contribution in [2.75, 3.05) is 13.2 Å². The maximum absolute atomic E-state index is 11.3. The first-order chi connectivity index (χ1) is 9.67. The van der Waals surface area contributed by atoms with Gasteiger partial charge in [-0.2, -0.15) is 0 Å². The molecule has 1 aliphatic rings. The van der Waals surface area contributed by atoms with Crippen LogP contribution in [0.5, 0.6) is 5.75 Å². The van der Waals surface area contributed by atoms with Gasteiger partial charge in [0.1, 0.15) is 5.75 Å². The summed E-state index contributed by atoms with van der Waals surface area (Å²) < 4.78 is 5.64. The van der Waals surface area contributed by atoms with Crippen molar-refractivity contribution in [3.05, 3.63) is 29.3 Å². The van der Waals surface area contributed by atoms with Gasteiger partial charge in [-0.25, -0.2) is 0 Å². The van der Waals surface area contributed by atoms with Crippen molar-refractivity contribution in [3.63, 3.8) is 0 Å². The molecule has 0 heterocycles. The van der Waals surface area contributed by atoms with Crippen molar-refractivity contribution in [3.8, 4) is 5.75 Å². The van der Waals surface area contributed by atoms with E-state index < -0.39 is 5.97 Å². The summed E-state index contributed by atoms with van der Waals surface area (Å²) >= 11 is 0. The van der Waals surface area contributed by atoms with Crippen molar-refractivity contribution >= 4 is 5.97 Å². The summed E-state index contributed by atoms with van der Waals surface area (Å²) in [4.78, 5) is 11.3. The Bertz CT molecular complexity index is 473. The monoisotopic (exact) mass is 277 g/mol. The molecule has 0 radical (unpaired) electrons. The second kappa shape index (κ2) is 6.75. The van der Waals surface area contributed by atoms with E-state index in [9.17, 15) is 9.90 Å². The lowest BCUT2D eigenvalue weighted by Crippen LogP contribution is -2.19. The first kappa shape index (κ1) is 14.9. The van der Waals surface area contributed by atoms with Crippen LogP contribution in [0.4, 0.5) is 0 Å². The van der Waals surface area contributed by atoms with Crippen LogP contribution in [0, 0.1) is 5.92 Å². The molecule has 2 rings (SSSR count). The van der Waals surface area contributed by atoms with E-state index in [2.05, 4.69) is 6.07 Å². The Labute approximate surface area is 119 Å². The summed E-state index contributed by atoms with van der Waals surface area (Å²) in [6.07, 6.45) is 3.38. The molecule has 1 aliphatic carbocycles. The van der Waals surface area contributed by atoms with Gasteiger partial charge in [0.05, 0.1) is 12.5 Å². The fourth-order valence-electron chi connectivity index (χ4n) is 3.04. The van der Waals surface area contributed by atoms with E-state index in [1.165, 1.54) is 11.1 Å². The highest BCUT2D eigenvalue weighted by Crippen LogP contribution is 2.41. The van der Waals surface area contributed by atoms with Gasteiger partial charge in [-0.1, -0.05) is 13.0 Å². The Morgan fingerprint density at radius 2 is 2.35 bits per heavy atom. The number of hydrogen-bond acceptors (Lipinski definition) is 3. The largest absolute Gasteiger partial charge is 0.494 e. The first-order valence-electron chi connectivity index (χ1n) is 7.35. The van der Waals surface area contributed by atoms with Crippen LogP contribution >= 0.6 is 0 Å². The summed E-state index contributed by atoms with van der Waals surface area (Å²) in [6, 6.07) is 6.04. The molecule has 1 aromatic carbocycles. The average molecular weight is 277 g/mol. The predicted octanol–water partition coefficient (Wildman–Crippen LogP) is 2.55. The lowest BCUT2D eigenvalue weighted by molar-refractivity contribution is -0.142. The lowest BCUT2D eigenvalue weighted by atomic mass is 9.85. The molecule has 0 bridgehead atoms. The zero-order chi connectivity index (χ0) is 14.5. The van der Waals surface area contributed by atoms with Crippen molar-refractivity contribution in [2.45, 2.75) is 38.5 Å². The van der Waals surface area contributed by atoms with Crippen LogP contribution in [0.1, 0.15) is 43.2 Å².